The molecule has 3 aromatic rings. The van der Waals surface area contributed by atoms with Crippen molar-refractivity contribution in [3.8, 4) is 16.3 Å². The molecule has 20 heavy (non-hydrogen) atoms. The SMILES string of the molecule is CC.CC.Oc1ccccc1-c1nc2ccccc2s1. The summed E-state index contributed by atoms with van der Waals surface area (Å²) >= 11 is 1.59. The zero-order valence-electron chi connectivity index (χ0n) is 12.4. The second-order valence-electron chi connectivity index (χ2n) is 3.50. The molecule has 0 spiro atoms. The van der Waals surface area contributed by atoms with E-state index in [4.69, 9.17) is 0 Å². The molecule has 3 rings (SSSR count). The van der Waals surface area contributed by atoms with Gasteiger partial charge in [0.25, 0.3) is 0 Å². The van der Waals surface area contributed by atoms with Gasteiger partial charge in [-0.15, -0.1) is 11.3 Å². The molecule has 1 aromatic heterocycles. The third-order valence-electron chi connectivity index (χ3n) is 2.43. The Labute approximate surface area is 124 Å². The van der Waals surface area contributed by atoms with E-state index in [-0.39, 0.29) is 5.75 Å². The van der Waals surface area contributed by atoms with E-state index < -0.39 is 0 Å². The molecule has 0 aliphatic heterocycles. The normalized spacial score (nSPS) is 9.20. The van der Waals surface area contributed by atoms with Crippen molar-refractivity contribution in [2.24, 2.45) is 0 Å². The van der Waals surface area contributed by atoms with Crippen LogP contribution < -0.4 is 0 Å². The zero-order chi connectivity index (χ0) is 15.0. The summed E-state index contributed by atoms with van der Waals surface area (Å²) in [5.41, 5.74) is 1.77. The summed E-state index contributed by atoms with van der Waals surface area (Å²) in [4.78, 5) is 4.50. The first kappa shape index (κ1) is 16.2. The Morgan fingerprint density at radius 3 is 2.10 bits per heavy atom. The number of phenols is 1. The van der Waals surface area contributed by atoms with Gasteiger partial charge in [0, 0.05) is 0 Å². The Balaban J connectivity index is 0.000000461. The first-order chi connectivity index (χ1) is 9.84. The standard InChI is InChI=1S/C13H9NOS.2C2H6/c15-11-7-3-1-5-9(11)13-14-10-6-2-4-8-12(10)16-13;2*1-2/h1-8,15H;2*1-2H3. The molecule has 0 atom stereocenters. The Morgan fingerprint density at radius 2 is 1.45 bits per heavy atom. The van der Waals surface area contributed by atoms with Gasteiger partial charge in [0.05, 0.1) is 15.8 Å². The molecule has 0 bridgehead atoms. The second kappa shape index (κ2) is 8.33. The van der Waals surface area contributed by atoms with Crippen molar-refractivity contribution >= 4 is 21.6 Å². The van der Waals surface area contributed by atoms with Crippen LogP contribution in [-0.4, -0.2) is 10.1 Å². The van der Waals surface area contributed by atoms with Crippen molar-refractivity contribution in [3.63, 3.8) is 0 Å². The maximum absolute atomic E-state index is 9.76. The largest absolute Gasteiger partial charge is 0.507 e. The number of hydrogen-bond acceptors (Lipinski definition) is 3. The van der Waals surface area contributed by atoms with Crippen LogP contribution in [0.1, 0.15) is 27.7 Å². The third-order valence-corrected chi connectivity index (χ3v) is 3.50. The van der Waals surface area contributed by atoms with E-state index >= 15 is 0 Å². The van der Waals surface area contributed by atoms with Crippen LogP contribution in [0, 0.1) is 0 Å². The number of nitrogens with zero attached hydrogens (tertiary/aromatic N) is 1. The quantitative estimate of drug-likeness (QED) is 0.620. The van der Waals surface area contributed by atoms with E-state index in [1.807, 2.05) is 70.2 Å². The highest BCUT2D eigenvalue weighted by atomic mass is 32.1. The van der Waals surface area contributed by atoms with Crippen LogP contribution in [0.15, 0.2) is 48.5 Å². The van der Waals surface area contributed by atoms with Crippen LogP contribution in [-0.2, 0) is 0 Å². The number of rotatable bonds is 1. The van der Waals surface area contributed by atoms with E-state index in [1.165, 1.54) is 0 Å². The number of para-hydroxylation sites is 2. The minimum atomic E-state index is 0.279. The number of fused-ring (bicyclic) bond motifs is 1. The van der Waals surface area contributed by atoms with Gasteiger partial charge in [-0.3, -0.25) is 0 Å². The van der Waals surface area contributed by atoms with Gasteiger partial charge in [0.15, 0.2) is 0 Å². The van der Waals surface area contributed by atoms with Crippen LogP contribution in [0.3, 0.4) is 0 Å². The van der Waals surface area contributed by atoms with Crippen LogP contribution >= 0.6 is 11.3 Å². The first-order valence-corrected chi connectivity index (χ1v) is 7.80. The van der Waals surface area contributed by atoms with Gasteiger partial charge in [-0.25, -0.2) is 4.98 Å². The van der Waals surface area contributed by atoms with Crippen LogP contribution in [0.5, 0.6) is 5.75 Å². The van der Waals surface area contributed by atoms with Crippen LogP contribution in [0.4, 0.5) is 0 Å². The Kier molecular flexibility index (Phi) is 6.74. The molecule has 0 fully saturated rings. The van der Waals surface area contributed by atoms with Gasteiger partial charge in [0.1, 0.15) is 10.8 Å². The van der Waals surface area contributed by atoms with Gasteiger partial charge in [-0.2, -0.15) is 0 Å². The third kappa shape index (κ3) is 3.58. The van der Waals surface area contributed by atoms with E-state index in [2.05, 4.69) is 4.98 Å². The summed E-state index contributed by atoms with van der Waals surface area (Å²) in [5.74, 6) is 0.279. The molecule has 0 aliphatic carbocycles. The molecular weight excluding hydrogens is 266 g/mol. The smallest absolute Gasteiger partial charge is 0.128 e. The zero-order valence-corrected chi connectivity index (χ0v) is 13.2. The minimum absolute atomic E-state index is 0.279. The lowest BCUT2D eigenvalue weighted by molar-refractivity contribution is 0.477. The minimum Gasteiger partial charge on any atom is -0.507 e. The van der Waals surface area contributed by atoms with Crippen molar-refractivity contribution in [2.45, 2.75) is 27.7 Å². The van der Waals surface area contributed by atoms with E-state index in [1.54, 1.807) is 17.4 Å². The van der Waals surface area contributed by atoms with E-state index in [0.29, 0.717) is 0 Å². The van der Waals surface area contributed by atoms with Gasteiger partial charge < -0.3 is 5.11 Å². The van der Waals surface area contributed by atoms with Crippen LogP contribution in [0.2, 0.25) is 0 Å². The molecule has 0 unspecified atom stereocenters. The molecule has 0 aliphatic rings. The molecular formula is C17H21NOS. The summed E-state index contributed by atoms with van der Waals surface area (Å²) in [6, 6.07) is 15.3. The molecule has 0 saturated heterocycles. The molecule has 3 heteroatoms. The van der Waals surface area contributed by atoms with Crippen LogP contribution in [0.25, 0.3) is 20.8 Å². The summed E-state index contributed by atoms with van der Waals surface area (Å²) in [6.07, 6.45) is 0. The molecule has 2 nitrogen and oxygen atoms in total. The molecule has 0 radical (unpaired) electrons. The van der Waals surface area contributed by atoms with E-state index in [0.717, 1.165) is 20.8 Å². The lowest BCUT2D eigenvalue weighted by Gasteiger charge is -1.98. The second-order valence-corrected chi connectivity index (χ2v) is 4.53. The molecule has 1 N–H and O–H groups in total. The fourth-order valence-electron chi connectivity index (χ4n) is 1.64. The number of aromatic nitrogens is 1. The number of thiazole rings is 1. The Bertz CT molecular complexity index is 613. The van der Waals surface area contributed by atoms with Crippen molar-refractivity contribution in [1.82, 2.24) is 4.98 Å². The summed E-state index contributed by atoms with van der Waals surface area (Å²) in [5, 5.41) is 10.6. The highest BCUT2D eigenvalue weighted by Gasteiger charge is 2.08. The molecule has 2 aromatic carbocycles. The average molecular weight is 287 g/mol. The molecule has 1 heterocycles. The molecule has 0 amide bonds. The number of phenolic OH excluding ortho intramolecular Hbond substituents is 1. The van der Waals surface area contributed by atoms with Crippen molar-refractivity contribution in [2.75, 3.05) is 0 Å². The molecule has 106 valence electrons. The van der Waals surface area contributed by atoms with Crippen molar-refractivity contribution in [1.29, 1.82) is 0 Å². The van der Waals surface area contributed by atoms with Crippen molar-refractivity contribution in [3.05, 3.63) is 48.5 Å². The fourth-order valence-corrected chi connectivity index (χ4v) is 2.64. The summed E-state index contributed by atoms with van der Waals surface area (Å²) in [6.45, 7) is 8.00. The predicted octanol–water partition coefficient (Wildman–Crippen LogP) is 5.72. The fraction of sp³-hybridized carbons (Fsp3) is 0.235. The first-order valence-electron chi connectivity index (χ1n) is 6.98. The number of hydrogen-bond donors (Lipinski definition) is 1. The topological polar surface area (TPSA) is 33.1 Å². The van der Waals surface area contributed by atoms with Gasteiger partial charge in [-0.05, 0) is 24.3 Å². The lowest BCUT2D eigenvalue weighted by Crippen LogP contribution is -1.76. The Hall–Kier alpha value is -1.87. The summed E-state index contributed by atoms with van der Waals surface area (Å²) in [7, 11) is 0. The van der Waals surface area contributed by atoms with Gasteiger partial charge in [0.2, 0.25) is 0 Å². The Morgan fingerprint density at radius 1 is 0.850 bits per heavy atom. The monoisotopic (exact) mass is 287 g/mol. The van der Waals surface area contributed by atoms with Crippen molar-refractivity contribution < 1.29 is 5.11 Å². The highest BCUT2D eigenvalue weighted by Crippen LogP contribution is 2.34. The number of benzene rings is 2. The molecule has 0 saturated carbocycles. The van der Waals surface area contributed by atoms with Gasteiger partial charge >= 0.3 is 0 Å². The predicted molar refractivity (Wildman–Crippen MR) is 89.4 cm³/mol. The lowest BCUT2D eigenvalue weighted by atomic mass is 10.2. The van der Waals surface area contributed by atoms with E-state index in [9.17, 15) is 5.11 Å². The maximum Gasteiger partial charge on any atom is 0.128 e. The van der Waals surface area contributed by atoms with Gasteiger partial charge in [-0.1, -0.05) is 52.0 Å². The summed E-state index contributed by atoms with van der Waals surface area (Å²) < 4.78 is 1.14. The number of aromatic hydroxyl groups is 1. The highest BCUT2D eigenvalue weighted by molar-refractivity contribution is 7.21. The maximum atomic E-state index is 9.76. The average Bonchev–Trinajstić information content (AvgIpc) is 2.95.